The normalized spacial score (nSPS) is 20.2. The Kier molecular flexibility index (Phi) is 5.74. The van der Waals surface area contributed by atoms with Crippen LogP contribution in [0, 0.1) is 12.8 Å². The second-order valence-electron chi connectivity index (χ2n) is 9.59. The summed E-state index contributed by atoms with van der Waals surface area (Å²) in [7, 11) is -3.73. The van der Waals surface area contributed by atoms with Gasteiger partial charge in [0, 0.05) is 22.2 Å². The average molecular weight is 553 g/mol. The minimum atomic E-state index is -3.73. The fourth-order valence-electron chi connectivity index (χ4n) is 4.60. The first-order valence-corrected chi connectivity index (χ1v) is 14.0. The smallest absolute Gasteiger partial charge is 0.269 e. The molecule has 2 heterocycles. The quantitative estimate of drug-likeness (QED) is 0.269. The van der Waals surface area contributed by atoms with E-state index in [2.05, 4.69) is 27.1 Å². The standard InChI is InChI=1S/C26H25BrN4O3S/c1-16-5-9-20(10-6-16)35(32,33)34-15-17-11-19(12-17)31-14-21(25(30-31)18-7-8-18)24-13-28-26-22(27)3-2-4-23(26)29-24/h2-6,9-10,13-14,17-19H,7-8,11-12,15H2,1H3. The molecule has 0 atom stereocenters. The monoisotopic (exact) mass is 552 g/mol. The average Bonchev–Trinajstić information content (AvgIpc) is 3.57. The molecule has 0 unspecified atom stereocenters. The van der Waals surface area contributed by atoms with Gasteiger partial charge < -0.3 is 0 Å². The topological polar surface area (TPSA) is 87.0 Å². The Labute approximate surface area is 212 Å². The molecule has 2 saturated carbocycles. The zero-order valence-corrected chi connectivity index (χ0v) is 21.7. The van der Waals surface area contributed by atoms with E-state index in [1.165, 1.54) is 0 Å². The molecule has 2 aromatic carbocycles. The van der Waals surface area contributed by atoms with Crippen molar-refractivity contribution in [1.29, 1.82) is 0 Å². The maximum absolute atomic E-state index is 12.5. The van der Waals surface area contributed by atoms with Gasteiger partial charge in [0.2, 0.25) is 0 Å². The van der Waals surface area contributed by atoms with Crippen molar-refractivity contribution >= 4 is 37.1 Å². The zero-order chi connectivity index (χ0) is 24.2. The molecule has 0 bridgehead atoms. The van der Waals surface area contributed by atoms with Gasteiger partial charge in [-0.3, -0.25) is 13.8 Å². The van der Waals surface area contributed by atoms with Crippen LogP contribution in [0.5, 0.6) is 0 Å². The van der Waals surface area contributed by atoms with Crippen LogP contribution in [-0.4, -0.2) is 34.8 Å². The second kappa shape index (κ2) is 8.80. The minimum Gasteiger partial charge on any atom is -0.269 e. The van der Waals surface area contributed by atoms with Crippen molar-refractivity contribution in [3.05, 3.63) is 70.6 Å². The maximum Gasteiger partial charge on any atom is 0.296 e. The molecule has 7 nitrogen and oxygen atoms in total. The number of aryl methyl sites for hydroxylation is 1. The molecule has 2 fully saturated rings. The third-order valence-corrected chi connectivity index (χ3v) is 8.81. The van der Waals surface area contributed by atoms with E-state index in [0.29, 0.717) is 5.92 Å². The molecule has 9 heteroatoms. The highest BCUT2D eigenvalue weighted by Gasteiger charge is 2.36. The third-order valence-electron chi connectivity index (χ3n) is 6.88. The van der Waals surface area contributed by atoms with Crippen LogP contribution in [0.1, 0.15) is 48.9 Å². The largest absolute Gasteiger partial charge is 0.296 e. The van der Waals surface area contributed by atoms with Crippen LogP contribution >= 0.6 is 15.9 Å². The SMILES string of the molecule is Cc1ccc(S(=O)(=O)OCC2CC(n3cc(-c4cnc5c(Br)cccc5n4)c(C4CC4)n3)C2)cc1. The molecule has 2 aromatic heterocycles. The first-order chi connectivity index (χ1) is 16.9. The van der Waals surface area contributed by atoms with Crippen LogP contribution in [0.15, 0.2) is 64.2 Å². The number of para-hydroxylation sites is 1. The Hall–Kier alpha value is -2.62. The highest BCUT2D eigenvalue weighted by molar-refractivity contribution is 9.10. The fraction of sp³-hybridized carbons (Fsp3) is 0.346. The molecule has 180 valence electrons. The van der Waals surface area contributed by atoms with Crippen LogP contribution in [0.4, 0.5) is 0 Å². The molecular weight excluding hydrogens is 528 g/mol. The first-order valence-electron chi connectivity index (χ1n) is 11.8. The number of hydrogen-bond acceptors (Lipinski definition) is 6. The molecule has 0 radical (unpaired) electrons. The van der Waals surface area contributed by atoms with E-state index in [0.717, 1.165) is 63.7 Å². The number of aromatic nitrogens is 4. The molecule has 0 aliphatic heterocycles. The molecular formula is C26H25BrN4O3S. The van der Waals surface area contributed by atoms with Gasteiger partial charge >= 0.3 is 0 Å². The lowest BCUT2D eigenvalue weighted by atomic mass is 9.81. The lowest BCUT2D eigenvalue weighted by Crippen LogP contribution is -2.31. The van der Waals surface area contributed by atoms with Crippen LogP contribution in [0.3, 0.4) is 0 Å². The van der Waals surface area contributed by atoms with Gasteiger partial charge in [0.05, 0.1) is 40.6 Å². The number of nitrogens with zero attached hydrogens (tertiary/aromatic N) is 4. The zero-order valence-electron chi connectivity index (χ0n) is 19.3. The summed E-state index contributed by atoms with van der Waals surface area (Å²) in [6, 6.07) is 12.9. The van der Waals surface area contributed by atoms with E-state index in [9.17, 15) is 8.42 Å². The van der Waals surface area contributed by atoms with Crippen LogP contribution in [0.25, 0.3) is 22.3 Å². The van der Waals surface area contributed by atoms with E-state index in [-0.39, 0.29) is 23.5 Å². The van der Waals surface area contributed by atoms with Crippen molar-refractivity contribution in [3.63, 3.8) is 0 Å². The van der Waals surface area contributed by atoms with E-state index >= 15 is 0 Å². The molecule has 2 aliphatic carbocycles. The summed E-state index contributed by atoms with van der Waals surface area (Å²) < 4.78 is 33.3. The summed E-state index contributed by atoms with van der Waals surface area (Å²) in [5, 5.41) is 4.95. The molecule has 2 aliphatic rings. The number of rotatable bonds is 7. The molecule has 0 saturated heterocycles. The summed E-state index contributed by atoms with van der Waals surface area (Å²) in [6.45, 7) is 2.12. The van der Waals surface area contributed by atoms with E-state index < -0.39 is 10.1 Å². The van der Waals surface area contributed by atoms with Crippen LogP contribution < -0.4 is 0 Å². The fourth-order valence-corrected chi connectivity index (χ4v) is 6.03. The van der Waals surface area contributed by atoms with Crippen molar-refractivity contribution in [3.8, 4) is 11.3 Å². The molecule has 6 rings (SSSR count). The summed E-state index contributed by atoms with van der Waals surface area (Å²) in [6.07, 6.45) is 7.89. The Bertz CT molecular complexity index is 1510. The lowest BCUT2D eigenvalue weighted by molar-refractivity contribution is 0.120. The van der Waals surface area contributed by atoms with Gasteiger partial charge in [-0.05, 0) is 78.7 Å². The number of fused-ring (bicyclic) bond motifs is 1. The van der Waals surface area contributed by atoms with Gasteiger partial charge in [0.1, 0.15) is 5.52 Å². The highest BCUT2D eigenvalue weighted by atomic mass is 79.9. The predicted molar refractivity (Wildman–Crippen MR) is 137 cm³/mol. The summed E-state index contributed by atoms with van der Waals surface area (Å²) >= 11 is 3.55. The summed E-state index contributed by atoms with van der Waals surface area (Å²) in [5.41, 5.74) is 5.68. The van der Waals surface area contributed by atoms with Gasteiger partial charge in [-0.25, -0.2) is 4.98 Å². The predicted octanol–water partition coefficient (Wildman–Crippen LogP) is 5.80. The Morgan fingerprint density at radius 1 is 1.11 bits per heavy atom. The number of hydrogen-bond donors (Lipinski definition) is 0. The minimum absolute atomic E-state index is 0.190. The molecule has 4 aromatic rings. The van der Waals surface area contributed by atoms with E-state index in [4.69, 9.17) is 14.3 Å². The molecule has 0 amide bonds. The Balaban J connectivity index is 1.16. The summed E-state index contributed by atoms with van der Waals surface area (Å²) in [5.74, 6) is 0.667. The van der Waals surface area contributed by atoms with Gasteiger partial charge in [-0.15, -0.1) is 0 Å². The Morgan fingerprint density at radius 3 is 2.63 bits per heavy atom. The van der Waals surface area contributed by atoms with Gasteiger partial charge in [0.25, 0.3) is 10.1 Å². The summed E-state index contributed by atoms with van der Waals surface area (Å²) in [4.78, 5) is 9.70. The van der Waals surface area contributed by atoms with Gasteiger partial charge in [0.15, 0.2) is 0 Å². The van der Waals surface area contributed by atoms with Gasteiger partial charge in [-0.1, -0.05) is 23.8 Å². The molecule has 35 heavy (non-hydrogen) atoms. The van der Waals surface area contributed by atoms with Crippen molar-refractivity contribution < 1.29 is 12.6 Å². The lowest BCUT2D eigenvalue weighted by Gasteiger charge is -2.34. The highest BCUT2D eigenvalue weighted by Crippen LogP contribution is 2.45. The van der Waals surface area contributed by atoms with Crippen LogP contribution in [-0.2, 0) is 14.3 Å². The van der Waals surface area contributed by atoms with E-state index in [1.54, 1.807) is 24.3 Å². The number of halogens is 1. The van der Waals surface area contributed by atoms with E-state index in [1.807, 2.05) is 36.0 Å². The van der Waals surface area contributed by atoms with Crippen LogP contribution in [0.2, 0.25) is 0 Å². The molecule has 0 spiro atoms. The Morgan fingerprint density at radius 2 is 1.89 bits per heavy atom. The number of benzene rings is 2. The van der Waals surface area contributed by atoms with Crippen molar-refractivity contribution in [1.82, 2.24) is 19.7 Å². The van der Waals surface area contributed by atoms with Crippen molar-refractivity contribution in [2.45, 2.75) is 49.5 Å². The van der Waals surface area contributed by atoms with Crippen molar-refractivity contribution in [2.24, 2.45) is 5.92 Å². The first kappa shape index (κ1) is 22.8. The van der Waals surface area contributed by atoms with Gasteiger partial charge in [-0.2, -0.15) is 13.5 Å². The van der Waals surface area contributed by atoms with Crippen molar-refractivity contribution in [2.75, 3.05) is 6.61 Å². The second-order valence-corrected chi connectivity index (χ2v) is 12.1. The molecule has 0 N–H and O–H groups in total. The maximum atomic E-state index is 12.5. The third kappa shape index (κ3) is 4.52.